The number of hydrogen-bond acceptors (Lipinski definition) is 4. The number of fused-ring (bicyclic) bond motifs is 1. The van der Waals surface area contributed by atoms with Crippen LogP contribution in [-0.4, -0.2) is 30.4 Å². The van der Waals surface area contributed by atoms with Crippen LogP contribution < -0.4 is 15.1 Å². The average Bonchev–Trinajstić information content (AvgIpc) is 2.69. The number of rotatable bonds is 2. The summed E-state index contributed by atoms with van der Waals surface area (Å²) in [7, 11) is 2.06. The van der Waals surface area contributed by atoms with Crippen LogP contribution in [0.15, 0.2) is 48.0 Å². The molecule has 2 aromatic carbocycles. The molecule has 0 radical (unpaired) electrons. The monoisotopic (exact) mass is 421 g/mol. The molecule has 0 aliphatic carbocycles. The minimum absolute atomic E-state index is 0.0252. The van der Waals surface area contributed by atoms with E-state index in [0.29, 0.717) is 11.5 Å². The number of halogens is 1. The molecule has 1 atom stereocenters. The largest absolute Gasteiger partial charge is 0.369 e. The number of anilines is 2. The van der Waals surface area contributed by atoms with Gasteiger partial charge in [0.05, 0.1) is 5.69 Å². The van der Waals surface area contributed by atoms with Crippen molar-refractivity contribution < 1.29 is 18.8 Å². The summed E-state index contributed by atoms with van der Waals surface area (Å²) >= 11 is 0. The van der Waals surface area contributed by atoms with E-state index in [1.54, 1.807) is 0 Å². The smallest absolute Gasteiger partial charge is 0.335 e. The number of carbonyl (C=O) groups is 3. The Labute approximate surface area is 180 Å². The molecule has 7 heteroatoms. The molecule has 6 nitrogen and oxygen atoms in total. The van der Waals surface area contributed by atoms with Crippen LogP contribution in [0.4, 0.5) is 20.6 Å². The lowest BCUT2D eigenvalue weighted by Gasteiger charge is -2.45. The van der Waals surface area contributed by atoms with E-state index in [2.05, 4.69) is 38.0 Å². The Hall–Kier alpha value is -3.48. The van der Waals surface area contributed by atoms with Crippen LogP contribution in [-0.2, 0) is 9.59 Å². The molecule has 2 aliphatic rings. The molecule has 1 fully saturated rings. The summed E-state index contributed by atoms with van der Waals surface area (Å²) in [5.74, 6) is -1.84. The third kappa shape index (κ3) is 3.60. The van der Waals surface area contributed by atoms with E-state index in [9.17, 15) is 18.8 Å². The maximum absolute atomic E-state index is 13.6. The summed E-state index contributed by atoms with van der Waals surface area (Å²) in [4.78, 5) is 40.7. The molecule has 0 aromatic heterocycles. The van der Waals surface area contributed by atoms with Gasteiger partial charge in [-0.25, -0.2) is 14.1 Å². The van der Waals surface area contributed by atoms with E-state index in [1.165, 1.54) is 24.3 Å². The highest BCUT2D eigenvalue weighted by atomic mass is 19.1. The molecular weight excluding hydrogens is 397 g/mol. The first-order chi connectivity index (χ1) is 14.6. The lowest BCUT2D eigenvalue weighted by molar-refractivity contribution is -0.122. The molecule has 1 saturated heterocycles. The van der Waals surface area contributed by atoms with Gasteiger partial charge in [-0.2, -0.15) is 0 Å². The Morgan fingerprint density at radius 3 is 2.58 bits per heavy atom. The van der Waals surface area contributed by atoms with Crippen LogP contribution in [0.3, 0.4) is 0 Å². The summed E-state index contributed by atoms with van der Waals surface area (Å²) in [5, 5.41) is 2.17. The zero-order chi connectivity index (χ0) is 22.5. The topological polar surface area (TPSA) is 69.7 Å². The Morgan fingerprint density at radius 1 is 1.13 bits per heavy atom. The molecular formula is C24H24FN3O3. The van der Waals surface area contributed by atoms with Crippen molar-refractivity contribution in [2.24, 2.45) is 0 Å². The minimum atomic E-state index is -0.902. The van der Waals surface area contributed by atoms with Gasteiger partial charge in [0.1, 0.15) is 11.4 Å². The fourth-order valence-corrected chi connectivity index (χ4v) is 4.36. The van der Waals surface area contributed by atoms with Gasteiger partial charge < -0.3 is 4.90 Å². The summed E-state index contributed by atoms with van der Waals surface area (Å²) in [6.45, 7) is 6.56. The van der Waals surface area contributed by atoms with Crippen LogP contribution >= 0.6 is 0 Å². The van der Waals surface area contributed by atoms with Gasteiger partial charge in [-0.1, -0.05) is 19.1 Å². The van der Waals surface area contributed by atoms with Gasteiger partial charge in [-0.15, -0.1) is 0 Å². The Morgan fingerprint density at radius 2 is 1.87 bits per heavy atom. The van der Waals surface area contributed by atoms with Crippen LogP contribution in [0.25, 0.3) is 6.08 Å². The highest BCUT2D eigenvalue weighted by Gasteiger charge is 2.37. The van der Waals surface area contributed by atoms with Crippen molar-refractivity contribution in [2.75, 3.05) is 16.8 Å². The molecule has 160 valence electrons. The van der Waals surface area contributed by atoms with E-state index >= 15 is 0 Å². The molecule has 2 aliphatic heterocycles. The van der Waals surface area contributed by atoms with E-state index in [1.807, 2.05) is 18.2 Å². The van der Waals surface area contributed by atoms with Crippen LogP contribution in [0, 0.1) is 5.82 Å². The standard InChI is InChI=1S/C24H24FN3O3/c1-14-13-24(2,3)27(4)20-9-8-15(10-18(14)20)11-19-21(29)26-23(31)28(22(19)30)17-7-5-6-16(25)12-17/h5-12,14H,13H2,1-4H3,(H,26,29,31)/b19-11+. The number of amides is 4. The molecule has 0 spiro atoms. The predicted molar refractivity (Wildman–Crippen MR) is 117 cm³/mol. The second-order valence-corrected chi connectivity index (χ2v) is 8.73. The lowest BCUT2D eigenvalue weighted by atomic mass is 9.80. The molecule has 4 amide bonds. The summed E-state index contributed by atoms with van der Waals surface area (Å²) in [5.41, 5.74) is 2.84. The molecule has 2 aromatic rings. The van der Waals surface area contributed by atoms with Crippen LogP contribution in [0.1, 0.15) is 44.2 Å². The second-order valence-electron chi connectivity index (χ2n) is 8.73. The van der Waals surface area contributed by atoms with E-state index < -0.39 is 23.7 Å². The fraction of sp³-hybridized carbons (Fsp3) is 0.292. The molecule has 2 heterocycles. The number of carbonyl (C=O) groups excluding carboxylic acids is 3. The minimum Gasteiger partial charge on any atom is -0.369 e. The Kier molecular flexibility index (Phi) is 4.92. The first-order valence-electron chi connectivity index (χ1n) is 10.1. The van der Waals surface area contributed by atoms with Crippen molar-refractivity contribution >= 4 is 35.3 Å². The Bertz CT molecular complexity index is 1140. The average molecular weight is 421 g/mol. The number of urea groups is 1. The quantitative estimate of drug-likeness (QED) is 0.583. The third-order valence-electron chi connectivity index (χ3n) is 6.14. The molecule has 0 saturated carbocycles. The molecule has 31 heavy (non-hydrogen) atoms. The third-order valence-corrected chi connectivity index (χ3v) is 6.14. The normalized spacial score (nSPS) is 21.9. The van der Waals surface area contributed by atoms with Gasteiger partial charge in [0.15, 0.2) is 0 Å². The zero-order valence-corrected chi connectivity index (χ0v) is 17.9. The molecule has 0 bridgehead atoms. The maximum atomic E-state index is 13.6. The predicted octanol–water partition coefficient (Wildman–Crippen LogP) is 4.21. The van der Waals surface area contributed by atoms with Crippen molar-refractivity contribution in [2.45, 2.75) is 38.6 Å². The summed E-state index contributed by atoms with van der Waals surface area (Å²) in [6, 6.07) is 10.0. The van der Waals surface area contributed by atoms with E-state index in [0.717, 1.165) is 28.6 Å². The first kappa shape index (κ1) is 20.8. The Balaban J connectivity index is 1.73. The lowest BCUT2D eigenvalue weighted by Crippen LogP contribution is -2.54. The SMILES string of the molecule is CC1CC(C)(C)N(C)c2ccc(/C=C3\C(=O)NC(=O)N(c4cccc(F)c4)C3=O)cc21. The molecule has 4 rings (SSSR count). The summed E-state index contributed by atoms with van der Waals surface area (Å²) < 4.78 is 13.6. The highest BCUT2D eigenvalue weighted by Crippen LogP contribution is 2.42. The fourth-order valence-electron chi connectivity index (χ4n) is 4.36. The van der Waals surface area contributed by atoms with Gasteiger partial charge in [-0.05, 0) is 73.7 Å². The number of nitrogens with zero attached hydrogens (tertiary/aromatic N) is 2. The number of nitrogens with one attached hydrogen (secondary N) is 1. The van der Waals surface area contributed by atoms with Crippen LogP contribution in [0.5, 0.6) is 0 Å². The van der Waals surface area contributed by atoms with Crippen molar-refractivity contribution in [1.82, 2.24) is 5.32 Å². The number of hydrogen-bond donors (Lipinski definition) is 1. The first-order valence-corrected chi connectivity index (χ1v) is 10.1. The van der Waals surface area contributed by atoms with Crippen molar-refractivity contribution in [3.8, 4) is 0 Å². The maximum Gasteiger partial charge on any atom is 0.335 e. The van der Waals surface area contributed by atoms with Gasteiger partial charge in [0.25, 0.3) is 11.8 Å². The van der Waals surface area contributed by atoms with Crippen molar-refractivity contribution in [3.63, 3.8) is 0 Å². The van der Waals surface area contributed by atoms with Crippen LogP contribution in [0.2, 0.25) is 0 Å². The van der Waals surface area contributed by atoms with E-state index in [4.69, 9.17) is 0 Å². The molecule has 1 N–H and O–H groups in total. The highest BCUT2D eigenvalue weighted by molar-refractivity contribution is 6.39. The number of benzene rings is 2. The van der Waals surface area contributed by atoms with Gasteiger partial charge >= 0.3 is 6.03 Å². The van der Waals surface area contributed by atoms with Crippen molar-refractivity contribution in [1.29, 1.82) is 0 Å². The van der Waals surface area contributed by atoms with Gasteiger partial charge in [0.2, 0.25) is 0 Å². The van der Waals surface area contributed by atoms with Gasteiger partial charge in [0, 0.05) is 18.3 Å². The summed E-state index contributed by atoms with van der Waals surface area (Å²) in [6.07, 6.45) is 2.45. The number of barbiturate groups is 1. The van der Waals surface area contributed by atoms with Gasteiger partial charge in [-0.3, -0.25) is 14.9 Å². The zero-order valence-electron chi connectivity index (χ0n) is 17.9. The second kappa shape index (κ2) is 7.34. The number of imide groups is 2. The van der Waals surface area contributed by atoms with Crippen molar-refractivity contribution in [3.05, 3.63) is 65.0 Å². The van der Waals surface area contributed by atoms with E-state index in [-0.39, 0.29) is 16.8 Å². The molecule has 1 unspecified atom stereocenters.